The van der Waals surface area contributed by atoms with Crippen LogP contribution in [0, 0.1) is 23.0 Å². The highest BCUT2D eigenvalue weighted by Gasteiger charge is 2.20. The molecule has 13 heteroatoms. The van der Waals surface area contributed by atoms with Gasteiger partial charge in [0.15, 0.2) is 40.3 Å². The Hall–Kier alpha value is -5.09. The van der Waals surface area contributed by atoms with Crippen molar-refractivity contribution in [2.75, 3.05) is 17.7 Å². The molecule has 0 bridgehead atoms. The molecule has 0 unspecified atom stereocenters. The first-order chi connectivity index (χ1) is 19.4. The van der Waals surface area contributed by atoms with E-state index in [-0.39, 0.29) is 22.8 Å². The summed E-state index contributed by atoms with van der Waals surface area (Å²) in [6, 6.07) is 14.8. The summed E-state index contributed by atoms with van der Waals surface area (Å²) in [6.07, 6.45) is 3.01. The summed E-state index contributed by atoms with van der Waals surface area (Å²) in [4.78, 5) is 25.7. The molecular weight excluding hydrogens is 536 g/mol. The number of pyridine rings is 1. The molecule has 3 heterocycles. The van der Waals surface area contributed by atoms with Gasteiger partial charge in [-0.3, -0.25) is 9.89 Å². The Morgan fingerprint density at radius 3 is 2.58 bits per heavy atom. The average Bonchev–Trinajstić information content (AvgIpc) is 3.40. The average molecular weight is 558 g/mol. The Balaban J connectivity index is 1.31. The van der Waals surface area contributed by atoms with Crippen LogP contribution in [0.5, 0.6) is 0 Å². The number of nitriles is 1. The molecule has 0 aliphatic rings. The Morgan fingerprint density at radius 2 is 1.85 bits per heavy atom. The normalized spacial score (nSPS) is 11.6. The number of carbonyl (C=O) groups excluding carboxylic acids is 1. The van der Waals surface area contributed by atoms with E-state index in [1.54, 1.807) is 13.2 Å². The highest BCUT2D eigenvalue weighted by Crippen LogP contribution is 2.26. The maximum Gasteiger partial charge on any atom is 0.274 e. The van der Waals surface area contributed by atoms with Crippen molar-refractivity contribution >= 4 is 41.2 Å². The van der Waals surface area contributed by atoms with Crippen LogP contribution >= 0.6 is 12.6 Å². The van der Waals surface area contributed by atoms with Crippen molar-refractivity contribution in [2.45, 2.75) is 11.9 Å². The molecule has 5 rings (SSSR count). The van der Waals surface area contributed by atoms with Crippen LogP contribution in [0.1, 0.15) is 32.7 Å². The fourth-order valence-corrected chi connectivity index (χ4v) is 4.22. The fraction of sp³-hybridized carbons (Fsp3) is 0.111. The second-order valence-electron chi connectivity index (χ2n) is 8.61. The minimum absolute atomic E-state index is 0.0618. The number of halogens is 2. The molecule has 10 nitrogen and oxygen atoms in total. The lowest BCUT2D eigenvalue weighted by atomic mass is 10.0. The molecule has 40 heavy (non-hydrogen) atoms. The first-order valence-corrected chi connectivity index (χ1v) is 12.4. The van der Waals surface area contributed by atoms with Gasteiger partial charge in [0.2, 0.25) is 0 Å². The summed E-state index contributed by atoms with van der Waals surface area (Å²) in [5, 5.41) is 24.9. The van der Waals surface area contributed by atoms with Gasteiger partial charge in [-0.2, -0.15) is 10.4 Å². The predicted molar refractivity (Wildman–Crippen MR) is 148 cm³/mol. The van der Waals surface area contributed by atoms with Crippen LogP contribution in [0.2, 0.25) is 0 Å². The van der Waals surface area contributed by atoms with Gasteiger partial charge in [-0.25, -0.2) is 23.7 Å². The number of H-pyrrole nitrogens is 1. The number of hydrogen-bond acceptors (Lipinski definition) is 9. The maximum absolute atomic E-state index is 13.6. The van der Waals surface area contributed by atoms with Crippen molar-refractivity contribution < 1.29 is 13.6 Å². The van der Waals surface area contributed by atoms with E-state index in [1.165, 1.54) is 12.3 Å². The van der Waals surface area contributed by atoms with Crippen molar-refractivity contribution in [2.24, 2.45) is 0 Å². The van der Waals surface area contributed by atoms with Crippen LogP contribution in [-0.4, -0.2) is 38.1 Å². The fourth-order valence-electron chi connectivity index (χ4n) is 3.94. The van der Waals surface area contributed by atoms with E-state index in [9.17, 15) is 18.8 Å². The number of nitrogens with zero attached hydrogens (tertiary/aromatic N) is 5. The molecule has 1 atom stereocenters. The maximum atomic E-state index is 13.6. The number of aromatic amines is 1. The largest absolute Gasteiger partial charge is 0.371 e. The topological polar surface area (TPSA) is 144 Å². The van der Waals surface area contributed by atoms with Gasteiger partial charge in [-0.05, 0) is 34.9 Å². The number of benzene rings is 2. The van der Waals surface area contributed by atoms with E-state index in [0.717, 1.165) is 34.2 Å². The molecule has 200 valence electrons. The smallest absolute Gasteiger partial charge is 0.274 e. The first-order valence-electron chi connectivity index (χ1n) is 11.9. The summed E-state index contributed by atoms with van der Waals surface area (Å²) in [5.74, 6) is -1.92. The van der Waals surface area contributed by atoms with Crippen molar-refractivity contribution in [1.29, 1.82) is 5.26 Å². The molecule has 0 spiro atoms. The van der Waals surface area contributed by atoms with Gasteiger partial charge in [0, 0.05) is 25.4 Å². The van der Waals surface area contributed by atoms with Crippen molar-refractivity contribution in [3.8, 4) is 17.2 Å². The molecule has 1 amide bonds. The lowest BCUT2D eigenvalue weighted by Crippen LogP contribution is -2.28. The summed E-state index contributed by atoms with van der Waals surface area (Å²) < 4.78 is 26.9. The Kier molecular flexibility index (Phi) is 7.52. The zero-order valence-corrected chi connectivity index (χ0v) is 21.8. The number of hydrogen-bond donors (Lipinski definition) is 5. The zero-order valence-electron chi connectivity index (χ0n) is 20.9. The quantitative estimate of drug-likeness (QED) is 0.138. The lowest BCUT2D eigenvalue weighted by molar-refractivity contribution is 0.0945. The third kappa shape index (κ3) is 5.52. The van der Waals surface area contributed by atoms with Crippen LogP contribution < -0.4 is 16.0 Å². The Labute approximate surface area is 232 Å². The van der Waals surface area contributed by atoms with Gasteiger partial charge in [0.25, 0.3) is 5.91 Å². The van der Waals surface area contributed by atoms with Crippen molar-refractivity contribution in [3.05, 3.63) is 95.1 Å². The summed E-state index contributed by atoms with van der Waals surface area (Å²) in [7, 11) is 1.79. The van der Waals surface area contributed by atoms with Crippen LogP contribution in [0.4, 0.5) is 20.4 Å². The standard InChI is InChI=1S/C27H21F2N9OS/c1-31-23-19-8-17(12-33-24(19)38-37-23)15-4-2-14(3-5-15)11-32-25-22(35-18(10-30)13-34-25)26(39)36-27(40)16-6-7-20(28)21(29)9-16/h2-9,12-13,27,40H,11H2,1H3,(H,32,34)(H,36,39)(H2,31,33,37,38)/t27-/m0/s1. The first kappa shape index (κ1) is 26.5. The minimum atomic E-state index is -1.06. The van der Waals surface area contributed by atoms with Crippen molar-refractivity contribution in [1.82, 2.24) is 30.5 Å². The van der Waals surface area contributed by atoms with Gasteiger partial charge in [0.1, 0.15) is 6.07 Å². The summed E-state index contributed by atoms with van der Waals surface area (Å²) >= 11 is 4.28. The van der Waals surface area contributed by atoms with E-state index < -0.39 is 22.9 Å². The van der Waals surface area contributed by atoms with Gasteiger partial charge in [0.05, 0.1) is 17.0 Å². The number of fused-ring (bicyclic) bond motifs is 1. The molecule has 0 fully saturated rings. The molecule has 0 aliphatic carbocycles. The van der Waals surface area contributed by atoms with Crippen molar-refractivity contribution in [3.63, 3.8) is 0 Å². The number of amides is 1. The molecule has 0 saturated carbocycles. The second-order valence-corrected chi connectivity index (χ2v) is 9.12. The van der Waals surface area contributed by atoms with Gasteiger partial charge in [-0.15, -0.1) is 12.6 Å². The molecular formula is C27H21F2N9OS. The minimum Gasteiger partial charge on any atom is -0.371 e. The monoisotopic (exact) mass is 557 g/mol. The van der Waals surface area contributed by atoms with Gasteiger partial charge >= 0.3 is 0 Å². The number of anilines is 2. The highest BCUT2D eigenvalue weighted by molar-refractivity contribution is 7.80. The summed E-state index contributed by atoms with van der Waals surface area (Å²) in [6.45, 7) is 0.303. The van der Waals surface area contributed by atoms with Gasteiger partial charge in [-0.1, -0.05) is 30.3 Å². The Morgan fingerprint density at radius 1 is 1.05 bits per heavy atom. The number of rotatable bonds is 8. The van der Waals surface area contributed by atoms with E-state index in [0.29, 0.717) is 18.0 Å². The molecule has 0 saturated heterocycles. The number of nitrogens with one attached hydrogen (secondary N) is 4. The van der Waals surface area contributed by atoms with E-state index >= 15 is 0 Å². The number of thiol groups is 1. The molecule has 5 aromatic rings. The zero-order chi connectivity index (χ0) is 28.2. The van der Waals surface area contributed by atoms with Crippen LogP contribution in [0.25, 0.3) is 22.2 Å². The molecule has 0 radical (unpaired) electrons. The molecule has 2 aromatic carbocycles. The Bertz CT molecular complexity index is 1750. The molecule has 3 aromatic heterocycles. The number of aromatic nitrogens is 5. The predicted octanol–water partition coefficient (Wildman–Crippen LogP) is 4.58. The van der Waals surface area contributed by atoms with Crippen LogP contribution in [0.15, 0.2) is 60.9 Å². The third-order valence-electron chi connectivity index (χ3n) is 6.03. The van der Waals surface area contributed by atoms with Gasteiger partial charge < -0.3 is 16.0 Å². The van der Waals surface area contributed by atoms with Crippen LogP contribution in [-0.2, 0) is 6.54 Å². The van der Waals surface area contributed by atoms with E-state index in [1.807, 2.05) is 36.4 Å². The van der Waals surface area contributed by atoms with Crippen LogP contribution in [0.3, 0.4) is 0 Å². The summed E-state index contributed by atoms with van der Waals surface area (Å²) in [5.41, 5.74) is 3.49. The van der Waals surface area contributed by atoms with E-state index in [4.69, 9.17) is 0 Å². The SMILES string of the molecule is CNc1n[nH]c2ncc(-c3ccc(CNc4ncc(C#N)nc4C(=O)N[C@@H](S)c4ccc(F)c(F)c4)cc3)cc12. The second kappa shape index (κ2) is 11.3. The molecule has 4 N–H and O–H groups in total. The lowest BCUT2D eigenvalue weighted by Gasteiger charge is -2.15. The van der Waals surface area contributed by atoms with E-state index in [2.05, 4.69) is 53.7 Å². The number of carbonyl (C=O) groups is 1. The molecule has 0 aliphatic heterocycles. The highest BCUT2D eigenvalue weighted by atomic mass is 32.1. The third-order valence-corrected chi connectivity index (χ3v) is 6.46.